The number of carbonyl (C=O) groups excluding carboxylic acids is 1. The minimum Gasteiger partial charge on any atom is -0.481 e. The van der Waals surface area contributed by atoms with Crippen LogP contribution in [0, 0.1) is 5.92 Å². The van der Waals surface area contributed by atoms with Gasteiger partial charge in [0.2, 0.25) is 5.91 Å². The van der Waals surface area contributed by atoms with Crippen molar-refractivity contribution in [3.63, 3.8) is 0 Å². The molecule has 4 heteroatoms. The van der Waals surface area contributed by atoms with Gasteiger partial charge in [0, 0.05) is 13.0 Å². The van der Waals surface area contributed by atoms with E-state index in [2.05, 4.69) is 5.32 Å². The van der Waals surface area contributed by atoms with Gasteiger partial charge in [-0.2, -0.15) is 0 Å². The van der Waals surface area contributed by atoms with E-state index < -0.39 is 11.9 Å². The van der Waals surface area contributed by atoms with Crippen molar-refractivity contribution in [3.05, 3.63) is 0 Å². The largest absolute Gasteiger partial charge is 0.481 e. The molecular formula is C9H17NO3. The van der Waals surface area contributed by atoms with Gasteiger partial charge >= 0.3 is 5.97 Å². The third kappa shape index (κ3) is 5.22. The predicted octanol–water partition coefficient (Wildman–Crippen LogP) is 1.01. The van der Waals surface area contributed by atoms with Gasteiger partial charge in [0.05, 0.1) is 5.92 Å². The topological polar surface area (TPSA) is 66.4 Å². The first-order valence-electron chi connectivity index (χ1n) is 4.61. The molecule has 0 aliphatic rings. The molecule has 76 valence electrons. The molecule has 0 aliphatic carbocycles. The Labute approximate surface area is 78.3 Å². The van der Waals surface area contributed by atoms with Crippen molar-refractivity contribution < 1.29 is 14.7 Å². The molecular weight excluding hydrogens is 170 g/mol. The molecule has 0 radical (unpaired) electrons. The first-order chi connectivity index (χ1) is 6.11. The average molecular weight is 187 g/mol. The van der Waals surface area contributed by atoms with E-state index in [0.717, 1.165) is 6.42 Å². The van der Waals surface area contributed by atoms with E-state index >= 15 is 0 Å². The lowest BCUT2D eigenvalue weighted by atomic mass is 10.00. The molecule has 0 aromatic rings. The molecule has 0 aliphatic heterocycles. The summed E-state index contributed by atoms with van der Waals surface area (Å²) in [5.41, 5.74) is 0. The van der Waals surface area contributed by atoms with Crippen LogP contribution in [0.5, 0.6) is 0 Å². The van der Waals surface area contributed by atoms with E-state index in [-0.39, 0.29) is 12.3 Å². The van der Waals surface area contributed by atoms with Crippen molar-refractivity contribution >= 4 is 11.9 Å². The molecule has 1 unspecified atom stereocenters. The van der Waals surface area contributed by atoms with Gasteiger partial charge < -0.3 is 10.4 Å². The fraction of sp³-hybridized carbons (Fsp3) is 0.778. The van der Waals surface area contributed by atoms with Crippen LogP contribution in [-0.4, -0.2) is 23.5 Å². The van der Waals surface area contributed by atoms with Crippen molar-refractivity contribution in [2.45, 2.75) is 33.1 Å². The molecule has 1 amide bonds. The zero-order valence-corrected chi connectivity index (χ0v) is 8.17. The van der Waals surface area contributed by atoms with Crippen LogP contribution in [0.15, 0.2) is 0 Å². The summed E-state index contributed by atoms with van der Waals surface area (Å²) in [7, 11) is 0. The van der Waals surface area contributed by atoms with Crippen LogP contribution in [0.4, 0.5) is 0 Å². The maximum Gasteiger partial charge on any atom is 0.307 e. The number of rotatable bonds is 6. The van der Waals surface area contributed by atoms with E-state index in [1.807, 2.05) is 13.8 Å². The van der Waals surface area contributed by atoms with Gasteiger partial charge in [0.25, 0.3) is 0 Å². The highest BCUT2D eigenvalue weighted by Gasteiger charge is 2.19. The lowest BCUT2D eigenvalue weighted by Gasteiger charge is -2.09. The molecule has 0 saturated carbocycles. The highest BCUT2D eigenvalue weighted by atomic mass is 16.4. The SMILES string of the molecule is CCCC(CC(=O)NCC)C(=O)O. The molecule has 0 aromatic carbocycles. The highest BCUT2D eigenvalue weighted by molar-refractivity contribution is 5.82. The Balaban J connectivity index is 3.94. The van der Waals surface area contributed by atoms with Crippen molar-refractivity contribution in [2.75, 3.05) is 6.54 Å². The summed E-state index contributed by atoms with van der Waals surface area (Å²) >= 11 is 0. The smallest absolute Gasteiger partial charge is 0.307 e. The zero-order chi connectivity index (χ0) is 10.3. The second-order valence-corrected chi connectivity index (χ2v) is 2.98. The number of nitrogens with one attached hydrogen (secondary N) is 1. The molecule has 0 rings (SSSR count). The molecule has 0 heterocycles. The van der Waals surface area contributed by atoms with Crippen LogP contribution in [0.1, 0.15) is 33.1 Å². The van der Waals surface area contributed by atoms with Crippen molar-refractivity contribution in [3.8, 4) is 0 Å². The molecule has 0 saturated heterocycles. The summed E-state index contributed by atoms with van der Waals surface area (Å²) in [4.78, 5) is 21.7. The van der Waals surface area contributed by atoms with Crippen LogP contribution in [0.3, 0.4) is 0 Å². The van der Waals surface area contributed by atoms with Gasteiger partial charge in [-0.1, -0.05) is 13.3 Å². The standard InChI is InChI=1S/C9H17NO3/c1-3-5-7(9(12)13)6-8(11)10-4-2/h7H,3-6H2,1-2H3,(H,10,11)(H,12,13). The molecule has 4 nitrogen and oxygen atoms in total. The fourth-order valence-electron chi connectivity index (χ4n) is 1.15. The maximum absolute atomic E-state index is 11.1. The molecule has 0 spiro atoms. The number of hydrogen-bond donors (Lipinski definition) is 2. The van der Waals surface area contributed by atoms with Crippen LogP contribution in [0.25, 0.3) is 0 Å². The van der Waals surface area contributed by atoms with Crippen LogP contribution >= 0.6 is 0 Å². The van der Waals surface area contributed by atoms with E-state index in [1.165, 1.54) is 0 Å². The molecule has 13 heavy (non-hydrogen) atoms. The monoisotopic (exact) mass is 187 g/mol. The third-order valence-corrected chi connectivity index (χ3v) is 1.79. The van der Waals surface area contributed by atoms with Crippen molar-refractivity contribution in [2.24, 2.45) is 5.92 Å². The van der Waals surface area contributed by atoms with Gasteiger partial charge in [-0.15, -0.1) is 0 Å². The first-order valence-corrected chi connectivity index (χ1v) is 4.61. The molecule has 1 atom stereocenters. The third-order valence-electron chi connectivity index (χ3n) is 1.79. The van der Waals surface area contributed by atoms with Gasteiger partial charge in [0.15, 0.2) is 0 Å². The van der Waals surface area contributed by atoms with E-state index in [4.69, 9.17) is 5.11 Å². The molecule has 0 bridgehead atoms. The number of carbonyl (C=O) groups is 2. The first kappa shape index (κ1) is 11.9. The Hall–Kier alpha value is -1.06. The zero-order valence-electron chi connectivity index (χ0n) is 8.17. The summed E-state index contributed by atoms with van der Waals surface area (Å²) in [6.45, 7) is 4.28. The average Bonchev–Trinajstić information content (AvgIpc) is 2.04. The van der Waals surface area contributed by atoms with Gasteiger partial charge in [-0.3, -0.25) is 9.59 Å². The lowest BCUT2D eigenvalue weighted by Crippen LogP contribution is -2.27. The molecule has 0 fully saturated rings. The Kier molecular flexibility index (Phi) is 5.93. The van der Waals surface area contributed by atoms with Crippen LogP contribution in [0.2, 0.25) is 0 Å². The summed E-state index contributed by atoms with van der Waals surface area (Å²) in [5.74, 6) is -1.59. The normalized spacial score (nSPS) is 12.2. The summed E-state index contributed by atoms with van der Waals surface area (Å²) < 4.78 is 0. The summed E-state index contributed by atoms with van der Waals surface area (Å²) in [5, 5.41) is 11.3. The van der Waals surface area contributed by atoms with Gasteiger partial charge in [0.1, 0.15) is 0 Å². The Morgan fingerprint density at radius 1 is 1.38 bits per heavy atom. The minimum absolute atomic E-state index is 0.0943. The summed E-state index contributed by atoms with van der Waals surface area (Å²) in [6.07, 6.45) is 1.44. The number of carboxylic acids is 1. The quantitative estimate of drug-likeness (QED) is 0.652. The predicted molar refractivity (Wildman–Crippen MR) is 49.3 cm³/mol. The molecule has 2 N–H and O–H groups in total. The van der Waals surface area contributed by atoms with E-state index in [9.17, 15) is 9.59 Å². The minimum atomic E-state index is -0.881. The number of hydrogen-bond acceptors (Lipinski definition) is 2. The summed E-state index contributed by atoms with van der Waals surface area (Å²) in [6, 6.07) is 0. The van der Waals surface area contributed by atoms with Crippen molar-refractivity contribution in [1.29, 1.82) is 0 Å². The van der Waals surface area contributed by atoms with Crippen molar-refractivity contribution in [1.82, 2.24) is 5.32 Å². The lowest BCUT2D eigenvalue weighted by molar-refractivity contribution is -0.144. The van der Waals surface area contributed by atoms with Crippen LogP contribution < -0.4 is 5.32 Å². The van der Waals surface area contributed by atoms with E-state index in [0.29, 0.717) is 13.0 Å². The Morgan fingerprint density at radius 3 is 2.38 bits per heavy atom. The molecule has 0 aromatic heterocycles. The van der Waals surface area contributed by atoms with E-state index in [1.54, 1.807) is 0 Å². The number of amides is 1. The fourth-order valence-corrected chi connectivity index (χ4v) is 1.15. The van der Waals surface area contributed by atoms with Crippen LogP contribution in [-0.2, 0) is 9.59 Å². The highest BCUT2D eigenvalue weighted by Crippen LogP contribution is 2.10. The number of aliphatic carboxylic acids is 1. The second kappa shape index (κ2) is 6.46. The second-order valence-electron chi connectivity index (χ2n) is 2.98. The number of carboxylic acid groups (broad SMARTS) is 1. The maximum atomic E-state index is 11.1. The Bertz CT molecular complexity index is 180. The van der Waals surface area contributed by atoms with Gasteiger partial charge in [-0.05, 0) is 13.3 Å². The van der Waals surface area contributed by atoms with Gasteiger partial charge in [-0.25, -0.2) is 0 Å². The Morgan fingerprint density at radius 2 is 2.00 bits per heavy atom.